The first kappa shape index (κ1) is 77.2. The Morgan fingerprint density at radius 1 is 0.194 bits per heavy atom. The minimum atomic E-state index is 0.434. The quantitative estimate of drug-likeness (QED) is 0.112. The van der Waals surface area contributed by atoms with Gasteiger partial charge < -0.3 is 27.4 Å². The zero-order valence-electron chi connectivity index (χ0n) is 71.7. The van der Waals surface area contributed by atoms with Crippen LogP contribution in [0.2, 0.25) is 0 Å². The molecule has 0 aliphatic rings. The molecule has 134 heavy (non-hydrogen) atoms. The van der Waals surface area contributed by atoms with Gasteiger partial charge in [-0.2, -0.15) is 10.5 Å². The summed E-state index contributed by atoms with van der Waals surface area (Å²) in [5, 5.41) is 33.3. The van der Waals surface area contributed by atoms with E-state index < -0.39 is 0 Å². The lowest BCUT2D eigenvalue weighted by atomic mass is 10.0. The lowest BCUT2D eigenvalue weighted by Gasteiger charge is -2.13. The van der Waals surface area contributed by atoms with Gasteiger partial charge in [0, 0.05) is 132 Å². The van der Waals surface area contributed by atoms with Crippen molar-refractivity contribution in [2.24, 2.45) is 0 Å². The van der Waals surface area contributed by atoms with Crippen molar-refractivity contribution in [2.75, 3.05) is 0 Å². The zero-order chi connectivity index (χ0) is 89.2. The fourth-order valence-electron chi connectivity index (χ4n) is 20.2. The number of hydrogen-bond donors (Lipinski definition) is 0. The number of rotatable bonds is 12. The standard InChI is InChI=1S/2C60H35N7/c1-61-50-21-9-3-19-46(50)53-37-52(63-60(64-53)47-20-4-10-22-51(47)62-2)38-27-29-39(30-28-38)65-58-33-31-40(66-54-23-11-5-15-42(54)43-16-6-12-24-55(43)66)35-48(58)49-36-41(32-34-59(49)65)67-56-25-13-7-17-44(56)45-18-8-14-26-57(45)67;61-36-38-17-21-40(22-18-38)52-35-53(64-60(63-52)42-23-19-39(37-62)20-24-42)41-25-27-43(28-26-41)65-58-31-29-44(66-54-13-5-1-9-46(54)47-10-2-6-14-55(47)66)33-50(58)51-34-45(30-32-59(51)65)67-56-15-7-3-11-48(56)49-12-4-8-16-57(49)67/h3-37H;1-35H. The molecule has 26 aromatic rings. The van der Waals surface area contributed by atoms with Gasteiger partial charge in [-0.25, -0.2) is 29.6 Å². The van der Waals surface area contributed by atoms with Gasteiger partial charge in [-0.05, 0) is 194 Å². The normalized spacial score (nSPS) is 11.6. The highest BCUT2D eigenvalue weighted by molar-refractivity contribution is 6.17. The molecule has 0 aliphatic carbocycles. The molecule has 8 heterocycles. The third kappa shape index (κ3) is 12.6. The number of hydrogen-bond acceptors (Lipinski definition) is 6. The molecule has 0 saturated heterocycles. The molecule has 0 radical (unpaired) electrons. The van der Waals surface area contributed by atoms with Crippen LogP contribution < -0.4 is 0 Å². The highest BCUT2D eigenvalue weighted by Crippen LogP contribution is 2.46. The van der Waals surface area contributed by atoms with Crippen molar-refractivity contribution < 1.29 is 0 Å². The number of aromatic nitrogens is 10. The topological polar surface area (TPSA) is 137 Å². The summed E-state index contributed by atoms with van der Waals surface area (Å²) in [6.07, 6.45) is 0. The van der Waals surface area contributed by atoms with Crippen molar-refractivity contribution in [1.29, 1.82) is 10.5 Å². The first-order valence-electron chi connectivity index (χ1n) is 44.3. The molecule has 14 nitrogen and oxygen atoms in total. The monoisotopic (exact) mass is 1710 g/mol. The fraction of sp³-hybridized carbons (Fsp3) is 0. The Labute approximate surface area is 767 Å². The van der Waals surface area contributed by atoms with Crippen LogP contribution in [0, 0.1) is 35.8 Å². The number of para-hydroxylation sites is 10. The summed E-state index contributed by atoms with van der Waals surface area (Å²) in [7, 11) is 0. The van der Waals surface area contributed by atoms with Crippen LogP contribution in [-0.2, 0) is 0 Å². The fourth-order valence-corrected chi connectivity index (χ4v) is 20.2. The van der Waals surface area contributed by atoms with E-state index >= 15 is 0 Å². The largest absolute Gasteiger partial charge is 0.309 e. The van der Waals surface area contributed by atoms with Gasteiger partial charge >= 0.3 is 0 Å². The predicted molar refractivity (Wildman–Crippen MR) is 545 cm³/mol. The van der Waals surface area contributed by atoms with Crippen molar-refractivity contribution in [1.82, 2.24) is 47.3 Å². The summed E-state index contributed by atoms with van der Waals surface area (Å²) in [6, 6.07) is 152. The molecule has 18 aromatic carbocycles. The van der Waals surface area contributed by atoms with E-state index in [4.69, 9.17) is 33.1 Å². The molecule has 0 bridgehead atoms. The Kier molecular flexibility index (Phi) is 18.1. The molecule has 0 amide bonds. The summed E-state index contributed by atoms with van der Waals surface area (Å²) < 4.78 is 14.3. The molecular formula is C120H70N14. The Bertz CT molecular complexity index is 8860. The van der Waals surface area contributed by atoms with Crippen LogP contribution in [0.4, 0.5) is 11.4 Å². The zero-order valence-corrected chi connectivity index (χ0v) is 71.7. The molecule has 0 N–H and O–H groups in total. The number of benzene rings is 18. The Morgan fingerprint density at radius 3 is 0.724 bits per heavy atom. The van der Waals surface area contributed by atoms with Crippen LogP contribution in [0.15, 0.2) is 425 Å². The summed E-state index contributed by atoms with van der Waals surface area (Å²) in [6.45, 7) is 15.8. The van der Waals surface area contributed by atoms with Crippen molar-refractivity contribution >= 4 is 142 Å². The predicted octanol–water partition coefficient (Wildman–Crippen LogP) is 30.4. The number of nitrogens with zero attached hydrogens (tertiary/aromatic N) is 14. The maximum absolute atomic E-state index is 9.47. The van der Waals surface area contributed by atoms with Crippen molar-refractivity contribution in [3.63, 3.8) is 0 Å². The molecule has 26 rings (SSSR count). The van der Waals surface area contributed by atoms with Crippen LogP contribution >= 0.6 is 0 Å². The second kappa shape index (κ2) is 31.4. The Hall–Kier alpha value is -19.1. The van der Waals surface area contributed by atoms with Crippen LogP contribution in [0.5, 0.6) is 0 Å². The van der Waals surface area contributed by atoms with Gasteiger partial charge in [0.1, 0.15) is 5.82 Å². The van der Waals surface area contributed by atoms with Gasteiger partial charge in [0.05, 0.1) is 125 Å². The Balaban J connectivity index is 0.000000143. The van der Waals surface area contributed by atoms with Crippen LogP contribution in [0.1, 0.15) is 11.1 Å². The van der Waals surface area contributed by atoms with E-state index in [1.807, 2.05) is 72.8 Å². The molecule has 0 saturated carbocycles. The minimum absolute atomic E-state index is 0.434. The highest BCUT2D eigenvalue weighted by atomic mass is 15.0. The van der Waals surface area contributed by atoms with Crippen molar-refractivity contribution in [3.8, 4) is 114 Å². The maximum atomic E-state index is 9.47. The molecule has 0 unspecified atom stereocenters. The van der Waals surface area contributed by atoms with E-state index in [1.54, 1.807) is 36.4 Å². The van der Waals surface area contributed by atoms with Crippen LogP contribution in [0.3, 0.4) is 0 Å². The van der Waals surface area contributed by atoms with E-state index in [-0.39, 0.29) is 0 Å². The van der Waals surface area contributed by atoms with Gasteiger partial charge in [-0.15, -0.1) is 0 Å². The number of fused-ring (bicyclic) bond motifs is 18. The molecule has 14 heteroatoms. The first-order valence-corrected chi connectivity index (χ1v) is 44.3. The smallest absolute Gasteiger partial charge is 0.198 e. The summed E-state index contributed by atoms with van der Waals surface area (Å²) in [5.41, 5.74) is 29.9. The second-order valence-corrected chi connectivity index (χ2v) is 33.6. The van der Waals surface area contributed by atoms with E-state index in [1.165, 1.54) is 87.2 Å². The average Bonchev–Trinajstić information content (AvgIpc) is 1.57. The van der Waals surface area contributed by atoms with Crippen LogP contribution in [0.25, 0.3) is 242 Å². The summed E-state index contributed by atoms with van der Waals surface area (Å²) in [5.74, 6) is 0.981. The maximum Gasteiger partial charge on any atom is 0.198 e. The van der Waals surface area contributed by atoms with E-state index in [0.717, 1.165) is 111 Å². The van der Waals surface area contributed by atoms with Gasteiger partial charge in [0.25, 0.3) is 0 Å². The molecule has 0 fully saturated rings. The minimum Gasteiger partial charge on any atom is -0.309 e. The second-order valence-electron chi connectivity index (χ2n) is 33.6. The molecule has 0 aliphatic heterocycles. The van der Waals surface area contributed by atoms with E-state index in [9.17, 15) is 10.5 Å². The van der Waals surface area contributed by atoms with E-state index in [2.05, 4.69) is 365 Å². The Morgan fingerprint density at radius 2 is 0.418 bits per heavy atom. The summed E-state index contributed by atoms with van der Waals surface area (Å²) in [4.78, 5) is 27.7. The highest BCUT2D eigenvalue weighted by Gasteiger charge is 2.25. The van der Waals surface area contributed by atoms with Crippen LogP contribution in [-0.4, -0.2) is 47.3 Å². The van der Waals surface area contributed by atoms with Gasteiger partial charge in [0.15, 0.2) is 17.2 Å². The average molecular weight is 1710 g/mol. The lowest BCUT2D eigenvalue weighted by molar-refractivity contribution is 1.16. The van der Waals surface area contributed by atoms with Gasteiger partial charge in [-0.1, -0.05) is 231 Å². The van der Waals surface area contributed by atoms with Crippen molar-refractivity contribution in [2.45, 2.75) is 0 Å². The molecule has 8 aromatic heterocycles. The van der Waals surface area contributed by atoms with Gasteiger partial charge in [-0.3, -0.25) is 0 Å². The number of nitriles is 2. The van der Waals surface area contributed by atoms with E-state index in [0.29, 0.717) is 56.7 Å². The molecule has 620 valence electrons. The molecule has 0 atom stereocenters. The third-order valence-electron chi connectivity index (χ3n) is 26.3. The lowest BCUT2D eigenvalue weighted by Crippen LogP contribution is -1.98. The van der Waals surface area contributed by atoms with Crippen molar-refractivity contribution in [3.05, 3.63) is 459 Å². The molecular weight excluding hydrogens is 1640 g/mol. The first-order chi connectivity index (χ1) is 66.3. The van der Waals surface area contributed by atoms with Gasteiger partial charge in [0.2, 0.25) is 0 Å². The third-order valence-corrected chi connectivity index (χ3v) is 26.3. The SMILES string of the molecule is N#Cc1ccc(-c2cc(-c3ccc(-n4c5ccc(-n6c7ccccc7c7ccccc76)cc5c5cc(-n6c7ccccc7c7ccccc76)ccc54)cc3)nc(-c3ccc(C#N)cc3)n2)cc1.[C-]#[N+]c1ccccc1-c1cc(-c2ccc(-n3c4ccc(-n5c6ccccc6c6ccccc65)cc4c4cc(-n5c6ccccc6c6ccccc65)ccc43)cc2)nc(-c2ccccc2[N+]#[C-])n1. The summed E-state index contributed by atoms with van der Waals surface area (Å²) >= 11 is 0. The molecule has 0 spiro atoms.